The van der Waals surface area contributed by atoms with E-state index in [2.05, 4.69) is 43.8 Å². The van der Waals surface area contributed by atoms with E-state index < -0.39 is 0 Å². The SMILES string of the molecule is Cc1nsc(NC(=O)N2CCC(Cc3ccc(N4CCCC4)cc3)CC2)n1. The Labute approximate surface area is 164 Å². The van der Waals surface area contributed by atoms with Crippen molar-refractivity contribution < 1.29 is 4.79 Å². The number of carbonyl (C=O) groups excluding carboxylic acids is 1. The molecule has 1 aromatic heterocycles. The largest absolute Gasteiger partial charge is 0.372 e. The first-order chi connectivity index (χ1) is 13.2. The van der Waals surface area contributed by atoms with Gasteiger partial charge in [-0.3, -0.25) is 5.32 Å². The molecule has 0 aliphatic carbocycles. The summed E-state index contributed by atoms with van der Waals surface area (Å²) in [6.45, 7) is 5.82. The zero-order chi connectivity index (χ0) is 18.6. The van der Waals surface area contributed by atoms with Crippen LogP contribution in [0.4, 0.5) is 15.6 Å². The van der Waals surface area contributed by atoms with Gasteiger partial charge in [0.2, 0.25) is 5.13 Å². The number of likely N-dealkylation sites (tertiary alicyclic amines) is 1. The highest BCUT2D eigenvalue weighted by atomic mass is 32.1. The number of nitrogens with one attached hydrogen (secondary N) is 1. The molecule has 2 saturated heterocycles. The van der Waals surface area contributed by atoms with E-state index in [1.165, 1.54) is 48.7 Å². The van der Waals surface area contributed by atoms with Crippen molar-refractivity contribution in [3.8, 4) is 0 Å². The second-order valence-corrected chi connectivity index (χ2v) is 8.32. The van der Waals surface area contributed by atoms with Crippen LogP contribution in [0, 0.1) is 12.8 Å². The van der Waals surface area contributed by atoms with E-state index in [9.17, 15) is 4.79 Å². The predicted octanol–water partition coefficient (Wildman–Crippen LogP) is 3.93. The molecule has 2 fully saturated rings. The molecule has 0 atom stereocenters. The van der Waals surface area contributed by atoms with Gasteiger partial charge in [0.05, 0.1) is 0 Å². The summed E-state index contributed by atoms with van der Waals surface area (Å²) in [4.78, 5) is 20.9. The second-order valence-electron chi connectivity index (χ2n) is 7.57. The van der Waals surface area contributed by atoms with E-state index in [1.807, 2.05) is 11.8 Å². The van der Waals surface area contributed by atoms with E-state index in [0.29, 0.717) is 16.9 Å². The molecule has 4 rings (SSSR count). The van der Waals surface area contributed by atoms with Gasteiger partial charge >= 0.3 is 6.03 Å². The number of urea groups is 1. The van der Waals surface area contributed by atoms with E-state index >= 15 is 0 Å². The summed E-state index contributed by atoms with van der Waals surface area (Å²) >= 11 is 1.23. The third-order valence-electron chi connectivity index (χ3n) is 5.58. The number of benzene rings is 1. The lowest BCUT2D eigenvalue weighted by Gasteiger charge is -2.31. The first-order valence-corrected chi connectivity index (χ1v) is 10.6. The highest BCUT2D eigenvalue weighted by molar-refractivity contribution is 7.09. The second kappa shape index (κ2) is 8.25. The van der Waals surface area contributed by atoms with Gasteiger partial charge in [-0.2, -0.15) is 4.37 Å². The zero-order valence-corrected chi connectivity index (χ0v) is 16.7. The van der Waals surface area contributed by atoms with Crippen LogP contribution in [0.15, 0.2) is 24.3 Å². The summed E-state index contributed by atoms with van der Waals surface area (Å²) in [5.41, 5.74) is 2.76. The molecule has 6 nitrogen and oxygen atoms in total. The number of hydrogen-bond donors (Lipinski definition) is 1. The Morgan fingerprint density at radius 1 is 1.15 bits per heavy atom. The standard InChI is InChI=1S/C20H27N5OS/c1-15-21-19(27-23-15)22-20(26)25-12-8-17(9-13-25)14-16-4-6-18(7-5-16)24-10-2-3-11-24/h4-7,17H,2-3,8-14H2,1H3,(H,21,22,23,26). The van der Waals surface area contributed by atoms with Crippen molar-refractivity contribution >= 4 is 28.4 Å². The quantitative estimate of drug-likeness (QED) is 0.866. The van der Waals surface area contributed by atoms with Gasteiger partial charge in [0.25, 0.3) is 0 Å². The Bertz CT molecular complexity index is 761. The van der Waals surface area contributed by atoms with Crippen molar-refractivity contribution in [1.82, 2.24) is 14.3 Å². The molecule has 2 aromatic rings. The van der Waals surface area contributed by atoms with Crippen LogP contribution >= 0.6 is 11.5 Å². The number of aryl methyl sites for hydroxylation is 1. The van der Waals surface area contributed by atoms with Gasteiger partial charge in [-0.05, 0) is 62.6 Å². The van der Waals surface area contributed by atoms with Gasteiger partial charge in [0, 0.05) is 43.4 Å². The van der Waals surface area contributed by atoms with Crippen molar-refractivity contribution in [2.75, 3.05) is 36.4 Å². The lowest BCUT2D eigenvalue weighted by Crippen LogP contribution is -2.41. The number of nitrogens with zero attached hydrogens (tertiary/aromatic N) is 4. The number of anilines is 2. The van der Waals surface area contributed by atoms with Gasteiger partial charge in [0.15, 0.2) is 0 Å². The van der Waals surface area contributed by atoms with Crippen LogP contribution in [0.3, 0.4) is 0 Å². The monoisotopic (exact) mass is 385 g/mol. The molecule has 2 aliphatic rings. The summed E-state index contributed by atoms with van der Waals surface area (Å²) in [7, 11) is 0. The third-order valence-corrected chi connectivity index (χ3v) is 6.30. The minimum atomic E-state index is -0.0560. The van der Waals surface area contributed by atoms with Gasteiger partial charge < -0.3 is 9.80 Å². The van der Waals surface area contributed by atoms with Crippen molar-refractivity contribution in [3.63, 3.8) is 0 Å². The van der Waals surface area contributed by atoms with E-state index in [1.54, 1.807) is 0 Å². The summed E-state index contributed by atoms with van der Waals surface area (Å²) in [5.74, 6) is 1.35. The van der Waals surface area contributed by atoms with Gasteiger partial charge in [-0.1, -0.05) is 12.1 Å². The molecule has 0 bridgehead atoms. The molecule has 0 unspecified atom stereocenters. The normalized spacial score (nSPS) is 18.1. The highest BCUT2D eigenvalue weighted by Gasteiger charge is 2.23. The van der Waals surface area contributed by atoms with Crippen LogP contribution in [-0.4, -0.2) is 46.5 Å². The fourth-order valence-electron chi connectivity index (χ4n) is 4.01. The average molecular weight is 386 g/mol. The van der Waals surface area contributed by atoms with E-state index in [0.717, 1.165) is 32.4 Å². The summed E-state index contributed by atoms with van der Waals surface area (Å²) < 4.78 is 4.10. The number of piperidine rings is 1. The summed E-state index contributed by atoms with van der Waals surface area (Å²) in [6.07, 6.45) is 5.83. The van der Waals surface area contributed by atoms with Crippen molar-refractivity contribution in [2.24, 2.45) is 5.92 Å². The van der Waals surface area contributed by atoms with Gasteiger partial charge in [-0.25, -0.2) is 9.78 Å². The molecule has 0 saturated carbocycles. The Morgan fingerprint density at radius 2 is 1.85 bits per heavy atom. The maximum Gasteiger partial charge on any atom is 0.323 e. The van der Waals surface area contributed by atoms with Crippen LogP contribution in [-0.2, 0) is 6.42 Å². The molecule has 2 amide bonds. The molecule has 7 heteroatoms. The maximum atomic E-state index is 12.4. The molecular weight excluding hydrogens is 358 g/mol. The van der Waals surface area contributed by atoms with Gasteiger partial charge in [0.1, 0.15) is 5.82 Å². The lowest BCUT2D eigenvalue weighted by molar-refractivity contribution is 0.182. The van der Waals surface area contributed by atoms with E-state index in [-0.39, 0.29) is 6.03 Å². The summed E-state index contributed by atoms with van der Waals surface area (Å²) in [6, 6.07) is 9.05. The average Bonchev–Trinajstić information content (AvgIpc) is 3.35. The Morgan fingerprint density at radius 3 is 2.48 bits per heavy atom. The first kappa shape index (κ1) is 18.2. The van der Waals surface area contributed by atoms with Crippen LogP contribution < -0.4 is 10.2 Å². The predicted molar refractivity (Wildman–Crippen MR) is 110 cm³/mol. The molecule has 0 radical (unpaired) electrons. The summed E-state index contributed by atoms with van der Waals surface area (Å²) in [5, 5.41) is 3.44. The fourth-order valence-corrected chi connectivity index (χ4v) is 4.58. The zero-order valence-electron chi connectivity index (χ0n) is 15.9. The smallest absolute Gasteiger partial charge is 0.323 e. The molecule has 27 heavy (non-hydrogen) atoms. The molecule has 1 N–H and O–H groups in total. The molecule has 1 aromatic carbocycles. The van der Waals surface area contributed by atoms with Crippen molar-refractivity contribution in [1.29, 1.82) is 0 Å². The van der Waals surface area contributed by atoms with Crippen molar-refractivity contribution in [3.05, 3.63) is 35.7 Å². The van der Waals surface area contributed by atoms with Gasteiger partial charge in [-0.15, -0.1) is 0 Å². The Balaban J connectivity index is 1.24. The molecule has 0 spiro atoms. The van der Waals surface area contributed by atoms with Crippen LogP contribution in [0.25, 0.3) is 0 Å². The number of aromatic nitrogens is 2. The van der Waals surface area contributed by atoms with Crippen molar-refractivity contribution in [2.45, 2.75) is 39.0 Å². The topological polar surface area (TPSA) is 61.4 Å². The number of hydrogen-bond acceptors (Lipinski definition) is 5. The van der Waals surface area contributed by atoms with E-state index in [4.69, 9.17) is 0 Å². The Hall–Kier alpha value is -2.15. The lowest BCUT2D eigenvalue weighted by atomic mass is 9.90. The minimum Gasteiger partial charge on any atom is -0.372 e. The number of carbonyl (C=O) groups is 1. The maximum absolute atomic E-state index is 12.4. The third kappa shape index (κ3) is 4.58. The van der Waals surface area contributed by atoms with Crippen LogP contribution in [0.5, 0.6) is 0 Å². The molecular formula is C20H27N5OS. The van der Waals surface area contributed by atoms with Crippen LogP contribution in [0.2, 0.25) is 0 Å². The first-order valence-electron chi connectivity index (χ1n) is 9.87. The fraction of sp³-hybridized carbons (Fsp3) is 0.550. The molecule has 3 heterocycles. The Kier molecular flexibility index (Phi) is 5.57. The van der Waals surface area contributed by atoms with Crippen LogP contribution in [0.1, 0.15) is 37.1 Å². The number of amides is 2. The number of rotatable bonds is 4. The molecule has 2 aliphatic heterocycles. The molecule has 144 valence electrons. The highest BCUT2D eigenvalue weighted by Crippen LogP contribution is 2.25. The minimum absolute atomic E-state index is 0.0560.